The summed E-state index contributed by atoms with van der Waals surface area (Å²) in [5.74, 6) is 1.27. The minimum atomic E-state index is 0.348. The number of fused-ring (bicyclic) bond motifs is 1. The molecule has 4 heterocycles. The van der Waals surface area contributed by atoms with E-state index < -0.39 is 0 Å². The van der Waals surface area contributed by atoms with Crippen LogP contribution in [0.2, 0.25) is 0 Å². The monoisotopic (exact) mass is 373 g/mol. The largest absolute Gasteiger partial charge is 0.381 e. The van der Waals surface area contributed by atoms with Crippen molar-refractivity contribution in [2.24, 2.45) is 0 Å². The van der Waals surface area contributed by atoms with Crippen molar-refractivity contribution in [2.75, 3.05) is 18.5 Å². The summed E-state index contributed by atoms with van der Waals surface area (Å²) in [4.78, 5) is 8.90. The first-order chi connectivity index (χ1) is 11.3. The molecule has 6 nitrogen and oxygen atoms in total. The van der Waals surface area contributed by atoms with E-state index >= 15 is 0 Å². The summed E-state index contributed by atoms with van der Waals surface area (Å²) in [6.07, 6.45) is 6.41. The minimum absolute atomic E-state index is 0.348. The Morgan fingerprint density at radius 1 is 1.39 bits per heavy atom. The topological polar surface area (TPSA) is 64.3 Å². The highest BCUT2D eigenvalue weighted by molar-refractivity contribution is 9.10. The van der Waals surface area contributed by atoms with E-state index in [1.54, 1.807) is 12.4 Å². The number of halogens is 1. The zero-order valence-electron chi connectivity index (χ0n) is 12.4. The fourth-order valence-corrected chi connectivity index (χ4v) is 3.10. The molecule has 118 valence electrons. The Hall–Kier alpha value is -1.99. The molecule has 1 N–H and O–H groups in total. The molecule has 1 saturated heterocycles. The van der Waals surface area contributed by atoms with Gasteiger partial charge in [-0.1, -0.05) is 6.07 Å². The average molecular weight is 374 g/mol. The number of aromatic nitrogens is 4. The van der Waals surface area contributed by atoms with Gasteiger partial charge in [0.1, 0.15) is 5.82 Å². The molecule has 1 fully saturated rings. The summed E-state index contributed by atoms with van der Waals surface area (Å²) in [7, 11) is 0. The van der Waals surface area contributed by atoms with Crippen LogP contribution in [0, 0.1) is 0 Å². The van der Waals surface area contributed by atoms with E-state index in [1.807, 2.05) is 22.8 Å². The van der Waals surface area contributed by atoms with Crippen LogP contribution in [-0.4, -0.2) is 32.8 Å². The molecule has 1 aliphatic rings. The molecule has 7 heteroatoms. The second-order valence-electron chi connectivity index (χ2n) is 5.57. The highest BCUT2D eigenvalue weighted by Crippen LogP contribution is 2.28. The standard InChI is InChI=1S/C16H16BrN5O/c17-13-9-20-22-15(19-8-11-2-1-4-18-7-11)6-14(21-16(13)22)12-3-5-23-10-12/h1-2,4,6-7,9,12,19H,3,5,8,10H2. The molecule has 0 amide bonds. The summed E-state index contributed by atoms with van der Waals surface area (Å²) in [5, 5.41) is 7.84. The number of nitrogens with one attached hydrogen (secondary N) is 1. The Kier molecular flexibility index (Phi) is 3.97. The van der Waals surface area contributed by atoms with Crippen molar-refractivity contribution in [3.05, 3.63) is 52.5 Å². The lowest BCUT2D eigenvalue weighted by atomic mass is 10.0. The van der Waals surface area contributed by atoms with Crippen LogP contribution in [0.4, 0.5) is 5.82 Å². The summed E-state index contributed by atoms with van der Waals surface area (Å²) < 4.78 is 8.21. The number of pyridine rings is 1. The molecule has 0 spiro atoms. The predicted molar refractivity (Wildman–Crippen MR) is 90.4 cm³/mol. The number of ether oxygens (including phenoxy) is 1. The third-order valence-corrected chi connectivity index (χ3v) is 4.55. The zero-order chi connectivity index (χ0) is 15.6. The molecule has 0 aromatic carbocycles. The Balaban J connectivity index is 1.68. The molecule has 0 saturated carbocycles. The predicted octanol–water partition coefficient (Wildman–Crippen LogP) is 3.00. The van der Waals surface area contributed by atoms with E-state index in [0.717, 1.165) is 46.8 Å². The first kappa shape index (κ1) is 14.6. The number of nitrogens with zero attached hydrogens (tertiary/aromatic N) is 4. The Morgan fingerprint density at radius 2 is 2.35 bits per heavy atom. The van der Waals surface area contributed by atoms with Crippen molar-refractivity contribution in [3.8, 4) is 0 Å². The number of hydrogen-bond acceptors (Lipinski definition) is 5. The molecule has 1 aliphatic heterocycles. The van der Waals surface area contributed by atoms with Crippen molar-refractivity contribution in [1.82, 2.24) is 19.6 Å². The van der Waals surface area contributed by atoms with Gasteiger partial charge >= 0.3 is 0 Å². The molecule has 0 bridgehead atoms. The van der Waals surface area contributed by atoms with Gasteiger partial charge in [0.15, 0.2) is 5.65 Å². The van der Waals surface area contributed by atoms with E-state index in [-0.39, 0.29) is 0 Å². The van der Waals surface area contributed by atoms with Gasteiger partial charge in [-0.15, -0.1) is 0 Å². The Labute approximate surface area is 142 Å². The maximum atomic E-state index is 5.50. The van der Waals surface area contributed by atoms with Crippen molar-refractivity contribution in [1.29, 1.82) is 0 Å². The lowest BCUT2D eigenvalue weighted by molar-refractivity contribution is 0.193. The zero-order valence-corrected chi connectivity index (χ0v) is 14.0. The van der Waals surface area contributed by atoms with Crippen molar-refractivity contribution >= 4 is 27.4 Å². The van der Waals surface area contributed by atoms with E-state index in [2.05, 4.69) is 37.4 Å². The Morgan fingerprint density at radius 3 is 3.13 bits per heavy atom. The number of rotatable bonds is 4. The summed E-state index contributed by atoms with van der Waals surface area (Å²) in [5.41, 5.74) is 2.99. The lowest BCUT2D eigenvalue weighted by Crippen LogP contribution is -2.10. The second-order valence-corrected chi connectivity index (χ2v) is 6.42. The maximum absolute atomic E-state index is 5.50. The summed E-state index contributed by atoms with van der Waals surface area (Å²) >= 11 is 3.52. The van der Waals surface area contributed by atoms with Crippen LogP contribution in [0.1, 0.15) is 23.6 Å². The van der Waals surface area contributed by atoms with Crippen molar-refractivity contribution in [2.45, 2.75) is 18.9 Å². The quantitative estimate of drug-likeness (QED) is 0.761. The molecule has 3 aromatic rings. The van der Waals surface area contributed by atoms with Crippen LogP contribution in [0.25, 0.3) is 5.65 Å². The van der Waals surface area contributed by atoms with Crippen LogP contribution in [0.5, 0.6) is 0 Å². The van der Waals surface area contributed by atoms with Crippen LogP contribution in [0.15, 0.2) is 41.3 Å². The van der Waals surface area contributed by atoms with Crippen molar-refractivity contribution < 1.29 is 4.74 Å². The maximum Gasteiger partial charge on any atom is 0.171 e. The normalized spacial score (nSPS) is 17.7. The fourth-order valence-electron chi connectivity index (χ4n) is 2.75. The third kappa shape index (κ3) is 2.94. The molecule has 3 aromatic heterocycles. The van der Waals surface area contributed by atoms with Gasteiger partial charge in [-0.25, -0.2) is 4.98 Å². The molecule has 4 rings (SSSR count). The van der Waals surface area contributed by atoms with Gasteiger partial charge in [-0.05, 0) is 34.0 Å². The minimum Gasteiger partial charge on any atom is -0.381 e. The molecular formula is C16H16BrN5O. The van der Waals surface area contributed by atoms with E-state index in [9.17, 15) is 0 Å². The SMILES string of the molecule is Brc1cnn2c(NCc3cccnc3)cc(C3CCOC3)nc12. The number of hydrogen-bond donors (Lipinski definition) is 1. The van der Waals surface area contributed by atoms with E-state index in [0.29, 0.717) is 12.5 Å². The van der Waals surface area contributed by atoms with Crippen LogP contribution >= 0.6 is 15.9 Å². The average Bonchev–Trinajstić information content (AvgIpc) is 3.24. The smallest absolute Gasteiger partial charge is 0.171 e. The third-order valence-electron chi connectivity index (χ3n) is 3.99. The second kappa shape index (κ2) is 6.25. The van der Waals surface area contributed by atoms with Gasteiger partial charge in [0.25, 0.3) is 0 Å². The first-order valence-electron chi connectivity index (χ1n) is 7.56. The molecule has 0 aliphatic carbocycles. The lowest BCUT2D eigenvalue weighted by Gasteiger charge is -2.13. The van der Waals surface area contributed by atoms with Crippen LogP contribution in [0.3, 0.4) is 0 Å². The van der Waals surface area contributed by atoms with Crippen LogP contribution in [-0.2, 0) is 11.3 Å². The van der Waals surface area contributed by atoms with Crippen molar-refractivity contribution in [3.63, 3.8) is 0 Å². The van der Waals surface area contributed by atoms with Gasteiger partial charge in [-0.3, -0.25) is 4.98 Å². The summed E-state index contributed by atoms with van der Waals surface area (Å²) in [6, 6.07) is 6.05. The molecule has 1 atom stereocenters. The van der Waals surface area contributed by atoms with Gasteiger partial charge in [0.05, 0.1) is 23.0 Å². The number of anilines is 1. The van der Waals surface area contributed by atoms with Gasteiger partial charge in [-0.2, -0.15) is 9.61 Å². The first-order valence-corrected chi connectivity index (χ1v) is 8.35. The molecular weight excluding hydrogens is 358 g/mol. The highest BCUT2D eigenvalue weighted by Gasteiger charge is 2.21. The molecule has 23 heavy (non-hydrogen) atoms. The highest BCUT2D eigenvalue weighted by atomic mass is 79.9. The van der Waals surface area contributed by atoms with Gasteiger partial charge in [0.2, 0.25) is 0 Å². The van der Waals surface area contributed by atoms with E-state index in [1.165, 1.54) is 0 Å². The molecule has 0 radical (unpaired) electrons. The van der Waals surface area contributed by atoms with Crippen LogP contribution < -0.4 is 5.32 Å². The van der Waals surface area contributed by atoms with E-state index in [4.69, 9.17) is 9.72 Å². The Bertz CT molecular complexity index is 814. The van der Waals surface area contributed by atoms with Gasteiger partial charge in [0, 0.05) is 37.5 Å². The molecule has 1 unspecified atom stereocenters. The fraction of sp³-hybridized carbons (Fsp3) is 0.312. The van der Waals surface area contributed by atoms with Gasteiger partial charge < -0.3 is 10.1 Å². The summed E-state index contributed by atoms with van der Waals surface area (Å²) in [6.45, 7) is 2.22.